The Morgan fingerprint density at radius 3 is 2.82 bits per heavy atom. The Morgan fingerprint density at radius 2 is 2.24 bits per heavy atom. The maximum Gasteiger partial charge on any atom is 0.317 e. The molecule has 2 N–H and O–H groups in total. The van der Waals surface area contributed by atoms with E-state index in [0.717, 1.165) is 19.5 Å². The molecule has 1 saturated heterocycles. The molecule has 0 bridgehead atoms. The first-order valence-corrected chi connectivity index (χ1v) is 6.58. The molecule has 17 heavy (non-hydrogen) atoms. The Bertz CT molecular complexity index is 254. The topological polar surface area (TPSA) is 52.6 Å². The van der Waals surface area contributed by atoms with Crippen molar-refractivity contribution in [3.63, 3.8) is 0 Å². The first kappa shape index (κ1) is 14.3. The number of aliphatic hydroxyl groups excluding tert-OH is 1. The van der Waals surface area contributed by atoms with Crippen LogP contribution in [0.5, 0.6) is 0 Å². The zero-order valence-corrected chi connectivity index (χ0v) is 11.3. The zero-order valence-electron chi connectivity index (χ0n) is 11.3. The van der Waals surface area contributed by atoms with Gasteiger partial charge in [-0.05, 0) is 30.6 Å². The highest BCUT2D eigenvalue weighted by Crippen LogP contribution is 2.19. The van der Waals surface area contributed by atoms with Crippen LogP contribution in [-0.2, 0) is 0 Å². The average Bonchev–Trinajstić information content (AvgIpc) is 2.26. The highest BCUT2D eigenvalue weighted by Gasteiger charge is 2.23. The lowest BCUT2D eigenvalue weighted by Gasteiger charge is -2.32. The van der Waals surface area contributed by atoms with Crippen molar-refractivity contribution >= 4 is 6.03 Å². The number of nitrogens with zero attached hydrogens (tertiary/aromatic N) is 1. The molecule has 0 aromatic rings. The second-order valence-electron chi connectivity index (χ2n) is 5.99. The monoisotopic (exact) mass is 242 g/mol. The molecule has 1 aliphatic heterocycles. The quantitative estimate of drug-likeness (QED) is 0.790. The number of nitrogens with one attached hydrogen (secondary N) is 1. The van der Waals surface area contributed by atoms with Crippen molar-refractivity contribution in [1.82, 2.24) is 10.2 Å². The van der Waals surface area contributed by atoms with Crippen LogP contribution >= 0.6 is 0 Å². The number of carbonyl (C=O) groups excluding carboxylic acids is 1. The number of urea groups is 1. The van der Waals surface area contributed by atoms with Gasteiger partial charge in [0, 0.05) is 26.2 Å². The van der Waals surface area contributed by atoms with Crippen molar-refractivity contribution in [3.8, 4) is 0 Å². The molecule has 0 spiro atoms. The molecule has 0 saturated carbocycles. The molecule has 1 aliphatic rings. The van der Waals surface area contributed by atoms with E-state index in [4.69, 9.17) is 5.11 Å². The molecule has 1 unspecified atom stereocenters. The van der Waals surface area contributed by atoms with Crippen molar-refractivity contribution in [3.05, 3.63) is 0 Å². The van der Waals surface area contributed by atoms with Crippen molar-refractivity contribution in [2.45, 2.75) is 40.0 Å². The van der Waals surface area contributed by atoms with E-state index < -0.39 is 0 Å². The van der Waals surface area contributed by atoms with Gasteiger partial charge in [-0.15, -0.1) is 0 Å². The number of piperidine rings is 1. The molecule has 1 heterocycles. The van der Waals surface area contributed by atoms with Gasteiger partial charge in [0.1, 0.15) is 0 Å². The number of hydrogen-bond donors (Lipinski definition) is 2. The molecule has 4 heteroatoms. The molecule has 0 aliphatic carbocycles. The van der Waals surface area contributed by atoms with E-state index in [2.05, 4.69) is 26.1 Å². The van der Waals surface area contributed by atoms with Crippen LogP contribution in [0.2, 0.25) is 0 Å². The van der Waals surface area contributed by atoms with E-state index in [1.807, 2.05) is 4.90 Å². The van der Waals surface area contributed by atoms with Crippen LogP contribution in [-0.4, -0.2) is 42.3 Å². The van der Waals surface area contributed by atoms with Crippen molar-refractivity contribution < 1.29 is 9.90 Å². The summed E-state index contributed by atoms with van der Waals surface area (Å²) in [5, 5.41) is 11.9. The highest BCUT2D eigenvalue weighted by atomic mass is 16.3. The minimum atomic E-state index is -0.0359. The molecule has 100 valence electrons. The van der Waals surface area contributed by atoms with Crippen LogP contribution in [0.15, 0.2) is 0 Å². The van der Waals surface area contributed by atoms with Crippen LogP contribution in [0.3, 0.4) is 0 Å². The Balaban J connectivity index is 2.33. The molecule has 2 amide bonds. The maximum atomic E-state index is 11.9. The molecule has 0 aromatic heterocycles. The molecule has 1 atom stereocenters. The van der Waals surface area contributed by atoms with Crippen LogP contribution < -0.4 is 5.32 Å². The maximum absolute atomic E-state index is 11.9. The first-order chi connectivity index (χ1) is 7.94. The summed E-state index contributed by atoms with van der Waals surface area (Å²) < 4.78 is 0. The van der Waals surface area contributed by atoms with Crippen LogP contribution in [0.1, 0.15) is 40.0 Å². The van der Waals surface area contributed by atoms with Crippen molar-refractivity contribution in [2.24, 2.45) is 11.3 Å². The van der Waals surface area contributed by atoms with Gasteiger partial charge in [-0.3, -0.25) is 0 Å². The zero-order chi connectivity index (χ0) is 12.9. The Hall–Kier alpha value is -0.770. The Morgan fingerprint density at radius 1 is 1.53 bits per heavy atom. The lowest BCUT2D eigenvalue weighted by atomic mass is 9.90. The van der Waals surface area contributed by atoms with Gasteiger partial charge in [0.25, 0.3) is 0 Å². The molecule has 0 aromatic carbocycles. The van der Waals surface area contributed by atoms with E-state index in [1.165, 1.54) is 6.42 Å². The van der Waals surface area contributed by atoms with Gasteiger partial charge in [-0.25, -0.2) is 4.79 Å². The van der Waals surface area contributed by atoms with Gasteiger partial charge in [0.15, 0.2) is 0 Å². The standard InChI is InChI=1S/C13H26N2O2/c1-11-5-4-7-15(9-11)12(17)14-10-13(2,3)6-8-16/h11,16H,4-10H2,1-3H3,(H,14,17). The fraction of sp³-hybridized carbons (Fsp3) is 0.923. The van der Waals surface area contributed by atoms with Crippen LogP contribution in [0.25, 0.3) is 0 Å². The number of hydrogen-bond acceptors (Lipinski definition) is 2. The third-order valence-corrected chi connectivity index (χ3v) is 3.45. The lowest BCUT2D eigenvalue weighted by molar-refractivity contribution is 0.160. The van der Waals surface area contributed by atoms with E-state index in [9.17, 15) is 4.79 Å². The molecule has 0 radical (unpaired) electrons. The summed E-state index contributed by atoms with van der Waals surface area (Å²) in [7, 11) is 0. The van der Waals surface area contributed by atoms with Gasteiger partial charge >= 0.3 is 6.03 Å². The van der Waals surface area contributed by atoms with Crippen LogP contribution in [0, 0.1) is 11.3 Å². The SMILES string of the molecule is CC1CCCN(C(=O)NCC(C)(C)CCO)C1. The summed E-state index contributed by atoms with van der Waals surface area (Å²) in [6.07, 6.45) is 3.04. The van der Waals surface area contributed by atoms with E-state index in [1.54, 1.807) is 0 Å². The van der Waals surface area contributed by atoms with Gasteiger partial charge in [0.05, 0.1) is 0 Å². The number of likely N-dealkylation sites (tertiary alicyclic amines) is 1. The van der Waals surface area contributed by atoms with Gasteiger partial charge in [0.2, 0.25) is 0 Å². The summed E-state index contributed by atoms with van der Waals surface area (Å²) in [6.45, 7) is 8.84. The minimum Gasteiger partial charge on any atom is -0.396 e. The summed E-state index contributed by atoms with van der Waals surface area (Å²) in [5.41, 5.74) is -0.0359. The van der Waals surface area contributed by atoms with E-state index in [0.29, 0.717) is 18.9 Å². The average molecular weight is 242 g/mol. The van der Waals surface area contributed by atoms with E-state index in [-0.39, 0.29) is 18.1 Å². The highest BCUT2D eigenvalue weighted by molar-refractivity contribution is 5.74. The number of rotatable bonds is 4. The van der Waals surface area contributed by atoms with E-state index >= 15 is 0 Å². The predicted molar refractivity (Wildman–Crippen MR) is 68.9 cm³/mol. The second-order valence-corrected chi connectivity index (χ2v) is 5.99. The Labute approximate surface area is 104 Å². The van der Waals surface area contributed by atoms with Crippen molar-refractivity contribution in [2.75, 3.05) is 26.2 Å². The van der Waals surface area contributed by atoms with Gasteiger partial charge in [-0.1, -0.05) is 20.8 Å². The smallest absolute Gasteiger partial charge is 0.317 e. The fourth-order valence-corrected chi connectivity index (χ4v) is 2.19. The summed E-state index contributed by atoms with van der Waals surface area (Å²) >= 11 is 0. The molecular weight excluding hydrogens is 216 g/mol. The first-order valence-electron chi connectivity index (χ1n) is 6.58. The number of carbonyl (C=O) groups is 1. The summed E-state index contributed by atoms with van der Waals surface area (Å²) in [4.78, 5) is 13.9. The van der Waals surface area contributed by atoms with Crippen molar-refractivity contribution in [1.29, 1.82) is 0 Å². The Kier molecular flexibility index (Phi) is 5.25. The second kappa shape index (κ2) is 6.24. The molecule has 1 fully saturated rings. The normalized spacial score (nSPS) is 21.4. The van der Waals surface area contributed by atoms with Gasteiger partial charge < -0.3 is 15.3 Å². The number of amides is 2. The fourth-order valence-electron chi connectivity index (χ4n) is 2.19. The minimum absolute atomic E-state index is 0.0359. The predicted octanol–water partition coefficient (Wildman–Crippen LogP) is 1.84. The lowest BCUT2D eigenvalue weighted by Crippen LogP contribution is -2.47. The number of aliphatic hydroxyl groups is 1. The largest absolute Gasteiger partial charge is 0.396 e. The van der Waals surface area contributed by atoms with Gasteiger partial charge in [-0.2, -0.15) is 0 Å². The van der Waals surface area contributed by atoms with Crippen LogP contribution in [0.4, 0.5) is 4.79 Å². The third kappa shape index (κ3) is 4.94. The summed E-state index contributed by atoms with van der Waals surface area (Å²) in [5.74, 6) is 0.611. The molecular formula is C13H26N2O2. The molecule has 1 rings (SSSR count). The third-order valence-electron chi connectivity index (χ3n) is 3.45. The molecule has 4 nitrogen and oxygen atoms in total. The summed E-state index contributed by atoms with van der Waals surface area (Å²) in [6, 6.07) is 0.0440.